The van der Waals surface area contributed by atoms with Crippen molar-refractivity contribution in [3.63, 3.8) is 0 Å². The molecule has 1 aliphatic rings. The Balaban J connectivity index is 1.88. The predicted octanol–water partition coefficient (Wildman–Crippen LogP) is 3.58. The summed E-state index contributed by atoms with van der Waals surface area (Å²) in [5.74, 6) is 1.24. The lowest BCUT2D eigenvalue weighted by atomic mass is 9.88. The Bertz CT molecular complexity index is 363. The molecule has 3 atom stereocenters. The van der Waals surface area contributed by atoms with Crippen LogP contribution in [0.5, 0.6) is 0 Å². The third kappa shape index (κ3) is 4.05. The molecule has 1 aromatic carbocycles. The third-order valence-corrected chi connectivity index (χ3v) is 4.19. The van der Waals surface area contributed by atoms with Gasteiger partial charge in [0, 0.05) is 12.6 Å². The van der Waals surface area contributed by atoms with E-state index in [0.29, 0.717) is 24.0 Å². The fraction of sp³-hybridized carbons (Fsp3) is 0.647. The van der Waals surface area contributed by atoms with E-state index in [1.807, 2.05) is 0 Å². The summed E-state index contributed by atoms with van der Waals surface area (Å²) in [7, 11) is 0. The first-order valence-corrected chi connectivity index (χ1v) is 7.60. The largest absolute Gasteiger partial charge is 0.377 e. The Labute approximate surface area is 117 Å². The van der Waals surface area contributed by atoms with Crippen molar-refractivity contribution in [2.24, 2.45) is 5.92 Å². The Morgan fingerprint density at radius 2 is 2.00 bits per heavy atom. The summed E-state index contributed by atoms with van der Waals surface area (Å²) in [6, 6.07) is 11.4. The van der Waals surface area contributed by atoms with Crippen LogP contribution in [0.2, 0.25) is 0 Å². The molecule has 0 radical (unpaired) electrons. The SMILES string of the molecule is CCC1CC(NCC(c2ccccc2)C(C)C)CO1. The zero-order chi connectivity index (χ0) is 13.7. The van der Waals surface area contributed by atoms with E-state index in [2.05, 4.69) is 56.4 Å². The molecular weight excluding hydrogens is 234 g/mol. The Kier molecular flexibility index (Phi) is 5.41. The number of benzene rings is 1. The van der Waals surface area contributed by atoms with Gasteiger partial charge < -0.3 is 10.1 Å². The number of ether oxygens (including phenoxy) is 1. The zero-order valence-electron chi connectivity index (χ0n) is 12.4. The summed E-state index contributed by atoms with van der Waals surface area (Å²) >= 11 is 0. The number of rotatable bonds is 6. The van der Waals surface area contributed by atoms with E-state index in [9.17, 15) is 0 Å². The Hall–Kier alpha value is -0.860. The third-order valence-electron chi connectivity index (χ3n) is 4.19. The lowest BCUT2D eigenvalue weighted by Crippen LogP contribution is -2.34. The van der Waals surface area contributed by atoms with Gasteiger partial charge in [0.05, 0.1) is 12.7 Å². The van der Waals surface area contributed by atoms with Gasteiger partial charge in [-0.05, 0) is 30.2 Å². The van der Waals surface area contributed by atoms with Crippen molar-refractivity contribution in [1.29, 1.82) is 0 Å². The molecule has 2 heteroatoms. The molecule has 0 saturated carbocycles. The van der Waals surface area contributed by atoms with Crippen molar-refractivity contribution in [3.05, 3.63) is 35.9 Å². The maximum Gasteiger partial charge on any atom is 0.0624 e. The molecule has 0 spiro atoms. The van der Waals surface area contributed by atoms with Crippen LogP contribution in [0, 0.1) is 5.92 Å². The summed E-state index contributed by atoms with van der Waals surface area (Å²) in [5, 5.41) is 3.70. The molecule has 1 aliphatic heterocycles. The van der Waals surface area contributed by atoms with Gasteiger partial charge in [0.2, 0.25) is 0 Å². The second-order valence-corrected chi connectivity index (χ2v) is 5.97. The zero-order valence-corrected chi connectivity index (χ0v) is 12.4. The van der Waals surface area contributed by atoms with Crippen LogP contribution in [-0.4, -0.2) is 25.3 Å². The van der Waals surface area contributed by atoms with Crippen molar-refractivity contribution in [2.45, 2.75) is 51.7 Å². The second kappa shape index (κ2) is 7.06. The summed E-state index contributed by atoms with van der Waals surface area (Å²) in [6.45, 7) is 8.73. The molecule has 2 nitrogen and oxygen atoms in total. The van der Waals surface area contributed by atoms with Crippen molar-refractivity contribution in [1.82, 2.24) is 5.32 Å². The van der Waals surface area contributed by atoms with Crippen molar-refractivity contribution < 1.29 is 4.74 Å². The van der Waals surface area contributed by atoms with Gasteiger partial charge >= 0.3 is 0 Å². The van der Waals surface area contributed by atoms with Crippen LogP contribution in [0.4, 0.5) is 0 Å². The second-order valence-electron chi connectivity index (χ2n) is 5.97. The summed E-state index contributed by atoms with van der Waals surface area (Å²) in [6.07, 6.45) is 2.76. The van der Waals surface area contributed by atoms with Crippen LogP contribution < -0.4 is 5.32 Å². The van der Waals surface area contributed by atoms with Gasteiger partial charge in [0.25, 0.3) is 0 Å². The van der Waals surface area contributed by atoms with Crippen molar-refractivity contribution in [3.8, 4) is 0 Å². The molecular formula is C17H27NO. The Morgan fingerprint density at radius 1 is 1.26 bits per heavy atom. The number of hydrogen-bond acceptors (Lipinski definition) is 2. The molecule has 19 heavy (non-hydrogen) atoms. The van der Waals surface area contributed by atoms with Crippen LogP contribution in [-0.2, 0) is 4.74 Å². The van der Waals surface area contributed by atoms with Gasteiger partial charge in [0.15, 0.2) is 0 Å². The number of hydrogen-bond donors (Lipinski definition) is 1. The smallest absolute Gasteiger partial charge is 0.0624 e. The molecule has 106 valence electrons. The van der Waals surface area contributed by atoms with E-state index in [0.717, 1.165) is 26.0 Å². The molecule has 1 saturated heterocycles. The first kappa shape index (κ1) is 14.5. The first-order valence-electron chi connectivity index (χ1n) is 7.60. The summed E-state index contributed by atoms with van der Waals surface area (Å²) in [4.78, 5) is 0. The van der Waals surface area contributed by atoms with E-state index in [-0.39, 0.29) is 0 Å². The summed E-state index contributed by atoms with van der Waals surface area (Å²) in [5.41, 5.74) is 1.44. The summed E-state index contributed by atoms with van der Waals surface area (Å²) < 4.78 is 5.75. The normalized spacial score (nSPS) is 24.8. The number of nitrogens with one attached hydrogen (secondary N) is 1. The van der Waals surface area contributed by atoms with E-state index >= 15 is 0 Å². The monoisotopic (exact) mass is 261 g/mol. The lowest BCUT2D eigenvalue weighted by molar-refractivity contribution is 0.105. The maximum absolute atomic E-state index is 5.75. The molecule has 0 bridgehead atoms. The molecule has 1 heterocycles. The first-order chi connectivity index (χ1) is 9.20. The molecule has 2 rings (SSSR count). The van der Waals surface area contributed by atoms with Gasteiger partial charge in [-0.1, -0.05) is 51.1 Å². The standard InChI is InChI=1S/C17H27NO/c1-4-16-10-15(12-19-16)18-11-17(13(2)3)14-8-6-5-7-9-14/h5-9,13,15-18H,4,10-12H2,1-3H3. The molecule has 0 aromatic heterocycles. The van der Waals surface area contributed by atoms with Crippen LogP contribution in [0.15, 0.2) is 30.3 Å². The molecule has 3 unspecified atom stereocenters. The van der Waals surface area contributed by atoms with Gasteiger partial charge in [-0.3, -0.25) is 0 Å². The topological polar surface area (TPSA) is 21.3 Å². The average Bonchev–Trinajstić information content (AvgIpc) is 2.88. The fourth-order valence-electron chi connectivity index (χ4n) is 2.86. The lowest BCUT2D eigenvalue weighted by Gasteiger charge is -2.23. The predicted molar refractivity (Wildman–Crippen MR) is 80.5 cm³/mol. The van der Waals surface area contributed by atoms with Gasteiger partial charge in [-0.2, -0.15) is 0 Å². The Morgan fingerprint density at radius 3 is 2.58 bits per heavy atom. The highest BCUT2D eigenvalue weighted by Crippen LogP contribution is 2.24. The molecule has 1 aromatic rings. The van der Waals surface area contributed by atoms with E-state index in [1.54, 1.807) is 0 Å². The highest BCUT2D eigenvalue weighted by molar-refractivity contribution is 5.20. The minimum atomic E-state index is 0.465. The van der Waals surface area contributed by atoms with Crippen LogP contribution >= 0.6 is 0 Å². The molecule has 1 fully saturated rings. The highest BCUT2D eigenvalue weighted by Gasteiger charge is 2.25. The van der Waals surface area contributed by atoms with E-state index in [4.69, 9.17) is 4.74 Å². The minimum Gasteiger partial charge on any atom is -0.377 e. The van der Waals surface area contributed by atoms with E-state index in [1.165, 1.54) is 5.56 Å². The average molecular weight is 261 g/mol. The molecule has 0 aliphatic carbocycles. The molecule has 0 amide bonds. The minimum absolute atomic E-state index is 0.465. The quantitative estimate of drug-likeness (QED) is 0.845. The highest BCUT2D eigenvalue weighted by atomic mass is 16.5. The van der Waals surface area contributed by atoms with Gasteiger partial charge in [0.1, 0.15) is 0 Å². The van der Waals surface area contributed by atoms with Gasteiger partial charge in [-0.15, -0.1) is 0 Å². The van der Waals surface area contributed by atoms with Gasteiger partial charge in [-0.25, -0.2) is 0 Å². The van der Waals surface area contributed by atoms with Crippen LogP contribution in [0.1, 0.15) is 45.1 Å². The fourth-order valence-corrected chi connectivity index (χ4v) is 2.86. The van der Waals surface area contributed by atoms with E-state index < -0.39 is 0 Å². The molecule has 1 N–H and O–H groups in total. The van der Waals surface area contributed by atoms with Crippen molar-refractivity contribution >= 4 is 0 Å². The van der Waals surface area contributed by atoms with Crippen LogP contribution in [0.25, 0.3) is 0 Å². The van der Waals surface area contributed by atoms with Crippen molar-refractivity contribution in [2.75, 3.05) is 13.2 Å². The van der Waals surface area contributed by atoms with Crippen LogP contribution in [0.3, 0.4) is 0 Å². The maximum atomic E-state index is 5.75.